The summed E-state index contributed by atoms with van der Waals surface area (Å²) in [5.41, 5.74) is 5.77. The van der Waals surface area contributed by atoms with Gasteiger partial charge in [-0.25, -0.2) is 0 Å². The molecule has 0 aromatic rings. The number of carbonyl (C=O) groups excluding carboxylic acids is 1. The van der Waals surface area contributed by atoms with Crippen LogP contribution in [0.3, 0.4) is 0 Å². The number of rotatable bonds is 6. The number of likely N-dealkylation sites (N-methyl/N-ethyl adjacent to an activating group) is 1. The molecule has 1 unspecified atom stereocenters. The van der Waals surface area contributed by atoms with E-state index >= 15 is 0 Å². The van der Waals surface area contributed by atoms with E-state index in [0.29, 0.717) is 18.5 Å². The van der Waals surface area contributed by atoms with Crippen LogP contribution in [0, 0.1) is 11.8 Å². The first-order valence-electron chi connectivity index (χ1n) is 8.59. The van der Waals surface area contributed by atoms with Gasteiger partial charge in [-0.15, -0.1) is 37.2 Å². The zero-order chi connectivity index (χ0) is 15.2. The number of hydrogen-bond donors (Lipinski definition) is 2. The highest BCUT2D eigenvalue weighted by atomic mass is 35.5. The molecule has 0 aromatic heterocycles. The molecular weight excluding hydrogens is 371 g/mol. The van der Waals surface area contributed by atoms with E-state index in [-0.39, 0.29) is 49.0 Å². The average Bonchev–Trinajstić information content (AvgIpc) is 3.01. The van der Waals surface area contributed by atoms with Crippen LogP contribution >= 0.6 is 37.2 Å². The molecule has 8 heteroatoms. The molecular formula is C16H35Cl3N4O. The predicted octanol–water partition coefficient (Wildman–Crippen LogP) is 1.77. The van der Waals surface area contributed by atoms with Crippen LogP contribution in [-0.2, 0) is 4.79 Å². The maximum Gasteiger partial charge on any atom is 0.223 e. The molecule has 0 bridgehead atoms. The quantitative estimate of drug-likeness (QED) is 0.707. The summed E-state index contributed by atoms with van der Waals surface area (Å²) < 4.78 is 0. The number of halogens is 3. The molecule has 1 saturated heterocycles. The van der Waals surface area contributed by atoms with Crippen LogP contribution in [0.25, 0.3) is 0 Å². The second-order valence-electron chi connectivity index (χ2n) is 6.60. The monoisotopic (exact) mass is 404 g/mol. The first kappa shape index (κ1) is 26.4. The average molecular weight is 406 g/mol. The second kappa shape index (κ2) is 13.4. The molecule has 24 heavy (non-hydrogen) atoms. The van der Waals surface area contributed by atoms with E-state index in [1.807, 2.05) is 0 Å². The Labute approximate surface area is 165 Å². The Morgan fingerprint density at radius 1 is 1.17 bits per heavy atom. The minimum absolute atomic E-state index is 0. The van der Waals surface area contributed by atoms with Crippen molar-refractivity contribution >= 4 is 43.1 Å². The van der Waals surface area contributed by atoms with Crippen molar-refractivity contribution in [1.82, 2.24) is 15.1 Å². The lowest BCUT2D eigenvalue weighted by atomic mass is 9.95. The van der Waals surface area contributed by atoms with Gasteiger partial charge in [0.15, 0.2) is 0 Å². The van der Waals surface area contributed by atoms with E-state index in [0.717, 1.165) is 58.5 Å². The molecule has 3 N–H and O–H groups in total. The Hall–Kier alpha value is 0.220. The highest BCUT2D eigenvalue weighted by molar-refractivity contribution is 5.86. The molecule has 0 aromatic carbocycles. The van der Waals surface area contributed by atoms with Gasteiger partial charge in [0.05, 0.1) is 0 Å². The molecule has 1 heterocycles. The molecule has 2 rings (SSSR count). The third-order valence-corrected chi connectivity index (χ3v) is 5.35. The van der Waals surface area contributed by atoms with E-state index in [2.05, 4.69) is 29.0 Å². The first-order chi connectivity index (χ1) is 10.2. The maximum absolute atomic E-state index is 12.3. The van der Waals surface area contributed by atoms with E-state index in [1.165, 1.54) is 0 Å². The molecule has 1 amide bonds. The molecule has 5 nitrogen and oxygen atoms in total. The number of nitrogens with zero attached hydrogens (tertiary/aromatic N) is 2. The van der Waals surface area contributed by atoms with Gasteiger partial charge in [-0.2, -0.15) is 0 Å². The molecule has 146 valence electrons. The van der Waals surface area contributed by atoms with Crippen LogP contribution in [0.15, 0.2) is 0 Å². The summed E-state index contributed by atoms with van der Waals surface area (Å²) in [5.74, 6) is 0.773. The first-order valence-corrected chi connectivity index (χ1v) is 8.59. The van der Waals surface area contributed by atoms with Crippen molar-refractivity contribution < 1.29 is 4.79 Å². The summed E-state index contributed by atoms with van der Waals surface area (Å²) in [6.07, 6.45) is 3.27. The van der Waals surface area contributed by atoms with Gasteiger partial charge in [0.25, 0.3) is 0 Å². The highest BCUT2D eigenvalue weighted by Gasteiger charge is 2.32. The van der Waals surface area contributed by atoms with Crippen LogP contribution in [0.2, 0.25) is 0 Å². The molecule has 1 aliphatic carbocycles. The number of carbonyl (C=O) groups is 1. The van der Waals surface area contributed by atoms with Crippen LogP contribution in [0.5, 0.6) is 0 Å². The topological polar surface area (TPSA) is 61.6 Å². The predicted molar refractivity (Wildman–Crippen MR) is 108 cm³/mol. The summed E-state index contributed by atoms with van der Waals surface area (Å²) >= 11 is 0. The standard InChI is InChI=1S/C16H32N4O.3ClH/c1-3-19-7-9-20(10-8-19)13(2)12-18-16(21)15-6-4-5-14(15)11-17;;;/h13-15H,3-12,17H2,1-2H3,(H,18,21);3*1H/t13?,14-,15-;;;/m1.../s1. The van der Waals surface area contributed by atoms with Gasteiger partial charge in [0, 0.05) is 44.7 Å². The van der Waals surface area contributed by atoms with Crippen LogP contribution < -0.4 is 11.1 Å². The fourth-order valence-electron chi connectivity index (χ4n) is 3.69. The van der Waals surface area contributed by atoms with Crippen LogP contribution in [0.4, 0.5) is 0 Å². The number of amides is 1. The van der Waals surface area contributed by atoms with Crippen LogP contribution in [-0.4, -0.2) is 67.6 Å². The van der Waals surface area contributed by atoms with E-state index in [4.69, 9.17) is 5.73 Å². The van der Waals surface area contributed by atoms with Gasteiger partial charge in [0.2, 0.25) is 5.91 Å². The number of piperazine rings is 1. The third kappa shape index (κ3) is 7.22. The van der Waals surface area contributed by atoms with E-state index in [9.17, 15) is 4.79 Å². The Morgan fingerprint density at radius 3 is 2.33 bits per heavy atom. The fourth-order valence-corrected chi connectivity index (χ4v) is 3.69. The van der Waals surface area contributed by atoms with Crippen molar-refractivity contribution in [3.8, 4) is 0 Å². The summed E-state index contributed by atoms with van der Waals surface area (Å²) in [5, 5.41) is 3.16. The highest BCUT2D eigenvalue weighted by Crippen LogP contribution is 2.30. The molecule has 3 atom stereocenters. The van der Waals surface area contributed by atoms with Gasteiger partial charge in [-0.1, -0.05) is 13.3 Å². The molecule has 2 aliphatic rings. The second-order valence-corrected chi connectivity index (χ2v) is 6.60. The summed E-state index contributed by atoms with van der Waals surface area (Å²) in [6.45, 7) is 11.5. The Bertz CT molecular complexity index is 341. The van der Waals surface area contributed by atoms with Crippen molar-refractivity contribution in [3.63, 3.8) is 0 Å². The van der Waals surface area contributed by atoms with E-state index in [1.54, 1.807) is 0 Å². The van der Waals surface area contributed by atoms with Crippen molar-refractivity contribution in [2.75, 3.05) is 45.8 Å². The van der Waals surface area contributed by atoms with Gasteiger partial charge in [0.1, 0.15) is 0 Å². The Kier molecular flexibility index (Phi) is 14.8. The lowest BCUT2D eigenvalue weighted by Crippen LogP contribution is -2.52. The van der Waals surface area contributed by atoms with Crippen molar-refractivity contribution in [2.24, 2.45) is 17.6 Å². The fraction of sp³-hybridized carbons (Fsp3) is 0.938. The molecule has 0 spiro atoms. The molecule has 1 saturated carbocycles. The van der Waals surface area contributed by atoms with Crippen molar-refractivity contribution in [2.45, 2.75) is 39.2 Å². The SMILES string of the molecule is CCN1CCN(C(C)CNC(=O)[C@@H]2CCC[C@@H]2CN)CC1.Cl.Cl.Cl. The zero-order valence-corrected chi connectivity index (χ0v) is 17.4. The van der Waals surface area contributed by atoms with Crippen molar-refractivity contribution in [3.05, 3.63) is 0 Å². The molecule has 0 radical (unpaired) electrons. The summed E-state index contributed by atoms with van der Waals surface area (Å²) in [7, 11) is 0. The largest absolute Gasteiger partial charge is 0.354 e. The van der Waals surface area contributed by atoms with Crippen molar-refractivity contribution in [1.29, 1.82) is 0 Å². The maximum atomic E-state index is 12.3. The lowest BCUT2D eigenvalue weighted by molar-refractivity contribution is -0.126. The number of hydrogen-bond acceptors (Lipinski definition) is 4. The normalized spacial score (nSPS) is 25.8. The van der Waals surface area contributed by atoms with Gasteiger partial charge in [-0.05, 0) is 38.8 Å². The van der Waals surface area contributed by atoms with Gasteiger partial charge in [-0.3, -0.25) is 9.69 Å². The Balaban J connectivity index is 0. The lowest BCUT2D eigenvalue weighted by Gasteiger charge is -2.37. The third-order valence-electron chi connectivity index (χ3n) is 5.35. The molecule has 1 aliphatic heterocycles. The summed E-state index contributed by atoms with van der Waals surface area (Å²) in [4.78, 5) is 17.3. The Morgan fingerprint density at radius 2 is 1.79 bits per heavy atom. The summed E-state index contributed by atoms with van der Waals surface area (Å²) in [6, 6.07) is 0.422. The number of nitrogens with one attached hydrogen (secondary N) is 1. The minimum Gasteiger partial charge on any atom is -0.354 e. The molecule has 2 fully saturated rings. The van der Waals surface area contributed by atoms with Crippen LogP contribution in [0.1, 0.15) is 33.1 Å². The zero-order valence-electron chi connectivity index (χ0n) is 14.9. The minimum atomic E-state index is 0. The van der Waals surface area contributed by atoms with Gasteiger partial charge >= 0.3 is 0 Å². The van der Waals surface area contributed by atoms with Gasteiger partial charge < -0.3 is 16.0 Å². The van der Waals surface area contributed by atoms with E-state index < -0.39 is 0 Å². The smallest absolute Gasteiger partial charge is 0.223 e. The number of nitrogens with two attached hydrogens (primary N) is 1.